The maximum atomic E-state index is 11.9. The van der Waals surface area contributed by atoms with Crippen molar-refractivity contribution in [3.63, 3.8) is 0 Å². The average molecular weight is 388 g/mol. The molecule has 1 unspecified atom stereocenters. The molecule has 0 aliphatic heterocycles. The molecule has 12 heteroatoms. The van der Waals surface area contributed by atoms with Gasteiger partial charge in [-0.15, -0.1) is 0 Å². The van der Waals surface area contributed by atoms with E-state index >= 15 is 0 Å². The average Bonchev–Trinajstić information content (AvgIpc) is 2.49. The molecule has 0 radical (unpaired) electrons. The first kappa shape index (κ1) is 20.5. The van der Waals surface area contributed by atoms with Crippen LogP contribution in [0.3, 0.4) is 0 Å². The molecule has 0 saturated heterocycles. The second-order valence-electron chi connectivity index (χ2n) is 3.99. The van der Waals surface area contributed by atoms with Crippen molar-refractivity contribution >= 4 is 58.8 Å². The Morgan fingerprint density at radius 1 is 1.22 bits per heavy atom. The SMILES string of the molecule is O=P(O)(CNS(=O)(=O)c1ccccn1)Oc1cccnc1Cl.[NaH]. The van der Waals surface area contributed by atoms with E-state index in [1.165, 1.54) is 36.7 Å². The van der Waals surface area contributed by atoms with Gasteiger partial charge in [-0.05, 0) is 24.3 Å². The van der Waals surface area contributed by atoms with Crippen LogP contribution in [0.5, 0.6) is 5.75 Å². The van der Waals surface area contributed by atoms with Crippen LogP contribution in [0, 0.1) is 0 Å². The molecule has 120 valence electrons. The maximum absolute atomic E-state index is 11.9. The Morgan fingerprint density at radius 2 is 1.91 bits per heavy atom. The number of hydrogen-bond donors (Lipinski definition) is 2. The summed E-state index contributed by atoms with van der Waals surface area (Å²) >= 11 is 5.70. The number of aromatic nitrogens is 2. The molecular formula is C11H12ClN3NaO5PS. The molecule has 0 spiro atoms. The molecule has 0 aliphatic rings. The van der Waals surface area contributed by atoms with E-state index in [0.717, 1.165) is 0 Å². The van der Waals surface area contributed by atoms with E-state index in [1.807, 2.05) is 4.72 Å². The van der Waals surface area contributed by atoms with Crippen LogP contribution in [0.2, 0.25) is 5.15 Å². The second kappa shape index (κ2) is 8.55. The van der Waals surface area contributed by atoms with Crippen LogP contribution in [0.1, 0.15) is 0 Å². The van der Waals surface area contributed by atoms with Crippen LogP contribution in [-0.2, 0) is 14.6 Å². The van der Waals surface area contributed by atoms with Gasteiger partial charge in [0, 0.05) is 12.4 Å². The van der Waals surface area contributed by atoms with E-state index in [9.17, 15) is 17.9 Å². The third-order valence-electron chi connectivity index (χ3n) is 2.33. The van der Waals surface area contributed by atoms with Gasteiger partial charge in [-0.1, -0.05) is 17.7 Å². The Bertz CT molecular complexity index is 808. The predicted molar refractivity (Wildman–Crippen MR) is 86.3 cm³/mol. The molecular weight excluding hydrogens is 376 g/mol. The molecule has 0 aromatic carbocycles. The molecule has 8 nitrogen and oxygen atoms in total. The monoisotopic (exact) mass is 387 g/mol. The minimum atomic E-state index is -4.30. The van der Waals surface area contributed by atoms with Gasteiger partial charge in [0.2, 0.25) is 0 Å². The van der Waals surface area contributed by atoms with E-state index in [1.54, 1.807) is 6.07 Å². The third-order valence-corrected chi connectivity index (χ3v) is 5.19. The number of pyridine rings is 2. The Labute approximate surface area is 160 Å². The van der Waals surface area contributed by atoms with Gasteiger partial charge in [0.1, 0.15) is 6.29 Å². The first-order chi connectivity index (χ1) is 10.3. The molecule has 0 fully saturated rings. The normalized spacial score (nSPS) is 13.7. The number of nitrogens with zero attached hydrogens (tertiary/aromatic N) is 2. The summed E-state index contributed by atoms with van der Waals surface area (Å²) in [6.45, 7) is 0. The third kappa shape index (κ3) is 6.13. The minimum absolute atomic E-state index is 0. The van der Waals surface area contributed by atoms with Crippen molar-refractivity contribution in [3.8, 4) is 5.75 Å². The van der Waals surface area contributed by atoms with E-state index in [2.05, 4.69) is 9.97 Å². The fourth-order valence-corrected chi connectivity index (χ4v) is 4.04. The van der Waals surface area contributed by atoms with Gasteiger partial charge >= 0.3 is 37.2 Å². The molecule has 0 aliphatic carbocycles. The van der Waals surface area contributed by atoms with Gasteiger partial charge in [-0.2, -0.15) is 4.72 Å². The van der Waals surface area contributed by atoms with Crippen LogP contribution in [0.15, 0.2) is 47.8 Å². The van der Waals surface area contributed by atoms with Gasteiger partial charge in [-0.25, -0.2) is 23.0 Å². The Morgan fingerprint density at radius 3 is 2.52 bits per heavy atom. The van der Waals surface area contributed by atoms with Gasteiger partial charge in [0.25, 0.3) is 10.0 Å². The quantitative estimate of drug-likeness (QED) is 0.431. The summed E-state index contributed by atoms with van der Waals surface area (Å²) < 4.78 is 42.5. The summed E-state index contributed by atoms with van der Waals surface area (Å²) in [5.74, 6) is -0.118. The number of hydrogen-bond acceptors (Lipinski definition) is 6. The van der Waals surface area contributed by atoms with E-state index in [0.29, 0.717) is 0 Å². The molecule has 23 heavy (non-hydrogen) atoms. The second-order valence-corrected chi connectivity index (χ2v) is 7.84. The van der Waals surface area contributed by atoms with Gasteiger partial charge in [0.05, 0.1) is 0 Å². The zero-order chi connectivity index (χ0) is 16.2. The van der Waals surface area contributed by atoms with Crippen molar-refractivity contribution in [2.45, 2.75) is 5.03 Å². The van der Waals surface area contributed by atoms with Crippen molar-refractivity contribution in [1.82, 2.24) is 14.7 Å². The van der Waals surface area contributed by atoms with E-state index in [4.69, 9.17) is 16.1 Å². The molecule has 0 bridgehead atoms. The molecule has 2 aromatic rings. The molecule has 0 saturated carbocycles. The summed E-state index contributed by atoms with van der Waals surface area (Å²) in [6.07, 6.45) is 1.83. The standard InChI is InChI=1S/C11H11ClN3O5PS.Na.H/c12-11-9(4-3-7-14-11)20-21(16,17)8-15-22(18,19)10-5-1-2-6-13-10;;/h1-7,15H,8H2,(H,16,17);;. The van der Waals surface area contributed by atoms with Crippen molar-refractivity contribution in [1.29, 1.82) is 0 Å². The summed E-state index contributed by atoms with van der Waals surface area (Å²) in [5, 5.41) is -0.376. The fraction of sp³-hybridized carbons (Fsp3) is 0.0909. The zero-order valence-electron chi connectivity index (χ0n) is 11.0. The zero-order valence-corrected chi connectivity index (χ0v) is 13.4. The van der Waals surface area contributed by atoms with Crippen molar-refractivity contribution in [2.75, 3.05) is 6.29 Å². The van der Waals surface area contributed by atoms with Crippen LogP contribution < -0.4 is 9.25 Å². The van der Waals surface area contributed by atoms with Gasteiger partial charge in [0.15, 0.2) is 15.9 Å². The molecule has 2 aromatic heterocycles. The Balaban J connectivity index is 0.00000264. The van der Waals surface area contributed by atoms with Crippen LogP contribution >= 0.6 is 19.2 Å². The number of sulfonamides is 1. The molecule has 2 heterocycles. The number of rotatable bonds is 6. The summed E-state index contributed by atoms with van der Waals surface area (Å²) in [6, 6.07) is 7.07. The van der Waals surface area contributed by atoms with E-state index in [-0.39, 0.29) is 45.5 Å². The predicted octanol–water partition coefficient (Wildman–Crippen LogP) is 0.982. The number of nitrogens with one attached hydrogen (secondary N) is 1. The van der Waals surface area contributed by atoms with Crippen LogP contribution in [0.4, 0.5) is 0 Å². The summed E-state index contributed by atoms with van der Waals surface area (Å²) in [4.78, 5) is 17.0. The van der Waals surface area contributed by atoms with Crippen molar-refractivity contribution in [2.24, 2.45) is 0 Å². The Hall–Kier alpha value is -0.510. The first-order valence-electron chi connectivity index (χ1n) is 5.83. The molecule has 1 atom stereocenters. The molecule has 2 N–H and O–H groups in total. The van der Waals surface area contributed by atoms with Gasteiger partial charge in [-0.3, -0.25) is 0 Å². The summed E-state index contributed by atoms with van der Waals surface area (Å²) in [7, 11) is -8.32. The van der Waals surface area contributed by atoms with Crippen molar-refractivity contribution in [3.05, 3.63) is 47.9 Å². The molecule has 0 amide bonds. The van der Waals surface area contributed by atoms with Crippen LogP contribution in [0.25, 0.3) is 0 Å². The topological polar surface area (TPSA) is 118 Å². The van der Waals surface area contributed by atoms with Gasteiger partial charge < -0.3 is 9.42 Å². The first-order valence-corrected chi connectivity index (χ1v) is 9.45. The van der Waals surface area contributed by atoms with Crippen molar-refractivity contribution < 1.29 is 22.4 Å². The van der Waals surface area contributed by atoms with E-state index < -0.39 is 23.9 Å². The number of halogens is 1. The summed E-state index contributed by atoms with van der Waals surface area (Å²) in [5.41, 5.74) is 0. The molecule has 2 rings (SSSR count). The fourth-order valence-electron chi connectivity index (χ4n) is 1.37. The van der Waals surface area contributed by atoms with Crippen LogP contribution in [-0.4, -0.2) is 59.1 Å². The Kier molecular flexibility index (Phi) is 7.63.